The first-order valence-electron chi connectivity index (χ1n) is 4.50. The molecule has 2 nitrogen and oxygen atoms in total. The topological polar surface area (TPSA) is 26.3 Å². The number of carbonyl (C=O) groups excluding carboxylic acids is 1. The highest BCUT2D eigenvalue weighted by atomic mass is 35.5. The molecule has 0 radical (unpaired) electrons. The number of ether oxygens (including phenoxy) is 1. The molecule has 0 heterocycles. The van der Waals surface area contributed by atoms with Crippen LogP contribution < -0.4 is 0 Å². The third kappa shape index (κ3) is 2.26. The zero-order chi connectivity index (χ0) is 10.7. The second-order valence-corrected chi connectivity index (χ2v) is 3.53. The summed E-state index contributed by atoms with van der Waals surface area (Å²) in [5.41, 5.74) is 2.51. The van der Waals surface area contributed by atoms with Crippen LogP contribution in [0.3, 0.4) is 0 Å². The van der Waals surface area contributed by atoms with Crippen LogP contribution in [0.5, 0.6) is 0 Å². The van der Waals surface area contributed by atoms with E-state index in [1.807, 2.05) is 13.8 Å². The Balaban J connectivity index is 3.06. The predicted molar refractivity (Wildman–Crippen MR) is 56.9 cm³/mol. The summed E-state index contributed by atoms with van der Waals surface area (Å²) < 4.78 is 4.88. The summed E-state index contributed by atoms with van der Waals surface area (Å²) in [4.78, 5) is 11.4. The Kier molecular flexibility index (Phi) is 3.53. The second-order valence-electron chi connectivity index (χ2n) is 3.12. The number of hydrogen-bond acceptors (Lipinski definition) is 2. The first kappa shape index (κ1) is 11.1. The Bertz CT molecular complexity index is 335. The van der Waals surface area contributed by atoms with Crippen LogP contribution in [0.15, 0.2) is 12.1 Å². The molecule has 0 aromatic heterocycles. The second kappa shape index (κ2) is 4.47. The SMILES string of the molecule is CCOC(=O)c1cc(C)c(C)c(Cl)c1. The summed E-state index contributed by atoms with van der Waals surface area (Å²) in [6.07, 6.45) is 0. The van der Waals surface area contributed by atoms with Gasteiger partial charge < -0.3 is 4.74 Å². The molecule has 0 N–H and O–H groups in total. The predicted octanol–water partition coefficient (Wildman–Crippen LogP) is 3.13. The molecule has 0 aliphatic rings. The summed E-state index contributed by atoms with van der Waals surface area (Å²) in [6, 6.07) is 3.43. The Morgan fingerprint density at radius 1 is 1.43 bits per heavy atom. The highest BCUT2D eigenvalue weighted by molar-refractivity contribution is 6.31. The van der Waals surface area contributed by atoms with Crippen LogP contribution in [0.2, 0.25) is 5.02 Å². The van der Waals surface area contributed by atoms with Gasteiger partial charge in [-0.3, -0.25) is 0 Å². The fourth-order valence-electron chi connectivity index (χ4n) is 1.15. The van der Waals surface area contributed by atoms with Crippen molar-refractivity contribution in [2.75, 3.05) is 6.61 Å². The lowest BCUT2D eigenvalue weighted by Gasteiger charge is -2.06. The van der Waals surface area contributed by atoms with E-state index in [0.717, 1.165) is 11.1 Å². The molecule has 0 fully saturated rings. The van der Waals surface area contributed by atoms with Crippen LogP contribution in [-0.2, 0) is 4.74 Å². The standard InChI is InChI=1S/C11H13ClO2/c1-4-14-11(13)9-5-7(2)8(3)10(12)6-9/h5-6H,4H2,1-3H3. The Labute approximate surface area is 88.8 Å². The molecule has 14 heavy (non-hydrogen) atoms. The third-order valence-electron chi connectivity index (χ3n) is 2.12. The van der Waals surface area contributed by atoms with Crippen molar-refractivity contribution in [3.63, 3.8) is 0 Å². The first-order chi connectivity index (χ1) is 6.56. The van der Waals surface area contributed by atoms with Gasteiger partial charge in [0.2, 0.25) is 0 Å². The van der Waals surface area contributed by atoms with E-state index in [2.05, 4.69) is 0 Å². The molecular formula is C11H13ClO2. The lowest BCUT2D eigenvalue weighted by Crippen LogP contribution is -2.05. The van der Waals surface area contributed by atoms with Crippen molar-refractivity contribution in [1.82, 2.24) is 0 Å². The third-order valence-corrected chi connectivity index (χ3v) is 2.51. The molecule has 0 spiro atoms. The smallest absolute Gasteiger partial charge is 0.338 e. The minimum atomic E-state index is -0.322. The molecule has 0 aliphatic heterocycles. The number of carbonyl (C=O) groups is 1. The van der Waals surface area contributed by atoms with Crippen molar-refractivity contribution >= 4 is 17.6 Å². The number of benzene rings is 1. The molecule has 76 valence electrons. The Hall–Kier alpha value is -1.02. The van der Waals surface area contributed by atoms with E-state index in [4.69, 9.17) is 16.3 Å². The molecule has 0 unspecified atom stereocenters. The molecule has 0 amide bonds. The Morgan fingerprint density at radius 3 is 2.57 bits per heavy atom. The summed E-state index contributed by atoms with van der Waals surface area (Å²) >= 11 is 5.96. The number of halogens is 1. The summed E-state index contributed by atoms with van der Waals surface area (Å²) in [7, 11) is 0. The minimum Gasteiger partial charge on any atom is -0.462 e. The van der Waals surface area contributed by atoms with E-state index in [9.17, 15) is 4.79 Å². The number of aryl methyl sites for hydroxylation is 1. The maximum Gasteiger partial charge on any atom is 0.338 e. The van der Waals surface area contributed by atoms with Crippen molar-refractivity contribution in [3.8, 4) is 0 Å². The fourth-order valence-corrected chi connectivity index (χ4v) is 1.42. The van der Waals surface area contributed by atoms with E-state index in [-0.39, 0.29) is 5.97 Å². The van der Waals surface area contributed by atoms with E-state index in [0.29, 0.717) is 17.2 Å². The van der Waals surface area contributed by atoms with Crippen LogP contribution >= 0.6 is 11.6 Å². The van der Waals surface area contributed by atoms with Gasteiger partial charge in [-0.15, -0.1) is 0 Å². The van der Waals surface area contributed by atoms with Crippen molar-refractivity contribution < 1.29 is 9.53 Å². The zero-order valence-corrected chi connectivity index (χ0v) is 9.31. The summed E-state index contributed by atoms with van der Waals surface area (Å²) in [5.74, 6) is -0.322. The molecule has 1 aromatic rings. The molecule has 3 heteroatoms. The lowest BCUT2D eigenvalue weighted by molar-refractivity contribution is 0.0526. The van der Waals surface area contributed by atoms with Gasteiger partial charge in [0.15, 0.2) is 0 Å². The first-order valence-corrected chi connectivity index (χ1v) is 4.88. The van der Waals surface area contributed by atoms with E-state index in [1.165, 1.54) is 0 Å². The van der Waals surface area contributed by atoms with E-state index >= 15 is 0 Å². The average Bonchev–Trinajstić information content (AvgIpc) is 2.13. The zero-order valence-electron chi connectivity index (χ0n) is 8.56. The quantitative estimate of drug-likeness (QED) is 0.704. The van der Waals surface area contributed by atoms with Crippen molar-refractivity contribution in [3.05, 3.63) is 33.8 Å². The van der Waals surface area contributed by atoms with Crippen molar-refractivity contribution in [1.29, 1.82) is 0 Å². The fraction of sp³-hybridized carbons (Fsp3) is 0.364. The maximum atomic E-state index is 11.4. The van der Waals surface area contributed by atoms with Gasteiger partial charge in [0.05, 0.1) is 12.2 Å². The van der Waals surface area contributed by atoms with Gasteiger partial charge in [0, 0.05) is 5.02 Å². The van der Waals surface area contributed by atoms with Crippen LogP contribution in [0.4, 0.5) is 0 Å². The molecule has 0 atom stereocenters. The van der Waals surface area contributed by atoms with Gasteiger partial charge >= 0.3 is 5.97 Å². The summed E-state index contributed by atoms with van der Waals surface area (Å²) in [6.45, 7) is 6.00. The Morgan fingerprint density at radius 2 is 2.07 bits per heavy atom. The van der Waals surface area contributed by atoms with Gasteiger partial charge in [-0.2, -0.15) is 0 Å². The van der Waals surface area contributed by atoms with E-state index in [1.54, 1.807) is 19.1 Å². The normalized spacial score (nSPS) is 10.0. The highest BCUT2D eigenvalue weighted by Gasteiger charge is 2.09. The molecule has 1 aromatic carbocycles. The molecule has 1 rings (SSSR count). The van der Waals surface area contributed by atoms with Crippen LogP contribution in [0, 0.1) is 13.8 Å². The van der Waals surface area contributed by atoms with Gasteiger partial charge in [-0.25, -0.2) is 4.79 Å². The molecule has 0 saturated carbocycles. The molecule has 0 bridgehead atoms. The maximum absolute atomic E-state index is 11.4. The van der Waals surface area contributed by atoms with Crippen molar-refractivity contribution in [2.45, 2.75) is 20.8 Å². The van der Waals surface area contributed by atoms with Crippen LogP contribution in [-0.4, -0.2) is 12.6 Å². The molecule has 0 aliphatic carbocycles. The number of rotatable bonds is 2. The van der Waals surface area contributed by atoms with Gasteiger partial charge in [-0.05, 0) is 44.0 Å². The number of hydrogen-bond donors (Lipinski definition) is 0. The van der Waals surface area contributed by atoms with Crippen LogP contribution in [0.1, 0.15) is 28.4 Å². The summed E-state index contributed by atoms with van der Waals surface area (Å²) in [5, 5.41) is 0.605. The highest BCUT2D eigenvalue weighted by Crippen LogP contribution is 2.21. The van der Waals surface area contributed by atoms with Crippen molar-refractivity contribution in [2.24, 2.45) is 0 Å². The molecule has 0 saturated heterocycles. The van der Waals surface area contributed by atoms with Crippen LogP contribution in [0.25, 0.3) is 0 Å². The number of esters is 1. The average molecular weight is 213 g/mol. The van der Waals surface area contributed by atoms with Gasteiger partial charge in [-0.1, -0.05) is 11.6 Å². The van der Waals surface area contributed by atoms with E-state index < -0.39 is 0 Å². The molecular weight excluding hydrogens is 200 g/mol. The largest absolute Gasteiger partial charge is 0.462 e. The minimum absolute atomic E-state index is 0.322. The monoisotopic (exact) mass is 212 g/mol. The lowest BCUT2D eigenvalue weighted by atomic mass is 10.1. The van der Waals surface area contributed by atoms with Gasteiger partial charge in [0.25, 0.3) is 0 Å². The van der Waals surface area contributed by atoms with Gasteiger partial charge in [0.1, 0.15) is 0 Å².